The van der Waals surface area contributed by atoms with Crippen molar-refractivity contribution in [3.63, 3.8) is 0 Å². The molecule has 0 radical (unpaired) electrons. The Kier molecular flexibility index (Phi) is 10.1. The Bertz CT molecular complexity index is 483. The summed E-state index contributed by atoms with van der Waals surface area (Å²) < 4.78 is 5.06. The van der Waals surface area contributed by atoms with Crippen molar-refractivity contribution in [2.45, 2.75) is 58.2 Å². The highest BCUT2D eigenvalue weighted by atomic mass is 35.5. The number of halogens is 1. The lowest BCUT2D eigenvalue weighted by Gasteiger charge is -2.49. The maximum atomic E-state index is 10.0. The Hall–Kier alpha value is -0.560. The van der Waals surface area contributed by atoms with Gasteiger partial charge in [0.25, 0.3) is 0 Å². The zero-order chi connectivity index (χ0) is 18.9. The fourth-order valence-electron chi connectivity index (χ4n) is 3.11. The van der Waals surface area contributed by atoms with Crippen molar-refractivity contribution >= 4 is 34.8 Å². The van der Waals surface area contributed by atoms with E-state index in [1.165, 1.54) is 37.4 Å². The number of carbonyl (C=O) groups is 1. The van der Waals surface area contributed by atoms with Gasteiger partial charge in [0.1, 0.15) is 18.0 Å². The lowest BCUT2D eigenvalue weighted by Crippen LogP contribution is -2.56. The van der Waals surface area contributed by atoms with Gasteiger partial charge >= 0.3 is 0 Å². The van der Waals surface area contributed by atoms with E-state index < -0.39 is 6.23 Å². The monoisotopic (exact) mass is 389 g/mol. The first-order valence-corrected chi connectivity index (χ1v) is 10.5. The van der Waals surface area contributed by atoms with E-state index in [9.17, 15) is 4.79 Å². The number of amidine groups is 1. The Morgan fingerprint density at radius 2 is 2.36 bits per heavy atom. The van der Waals surface area contributed by atoms with Gasteiger partial charge < -0.3 is 20.2 Å². The molecule has 2 rings (SSSR count). The smallest absolute Gasteiger partial charge is 0.173 e. The molecule has 2 aliphatic rings. The second-order valence-electron chi connectivity index (χ2n) is 6.73. The molecule has 0 aromatic heterocycles. The van der Waals surface area contributed by atoms with Crippen LogP contribution in [0.5, 0.6) is 0 Å². The maximum Gasteiger partial charge on any atom is 0.173 e. The molecule has 1 aliphatic carbocycles. The molecule has 0 amide bonds. The number of aliphatic imine (C=N–C) groups is 1. The van der Waals surface area contributed by atoms with Gasteiger partial charge in [-0.15, -0.1) is 0 Å². The minimum atomic E-state index is -0.457. The molecule has 4 unspecified atom stereocenters. The molecule has 1 aliphatic heterocycles. The van der Waals surface area contributed by atoms with Gasteiger partial charge in [-0.3, -0.25) is 0 Å². The summed E-state index contributed by atoms with van der Waals surface area (Å²) in [6, 6.07) is 0. The van der Waals surface area contributed by atoms with E-state index in [1.54, 1.807) is 6.08 Å². The van der Waals surface area contributed by atoms with Gasteiger partial charge in [0.05, 0.1) is 0 Å². The molecule has 0 aromatic carbocycles. The molecule has 0 spiro atoms. The van der Waals surface area contributed by atoms with Crippen molar-refractivity contribution in [1.29, 1.82) is 0 Å². The van der Waals surface area contributed by atoms with Crippen LogP contribution in [0, 0.1) is 11.8 Å². The third kappa shape index (κ3) is 6.93. The van der Waals surface area contributed by atoms with Gasteiger partial charge in [-0.25, -0.2) is 4.99 Å². The third-order valence-electron chi connectivity index (χ3n) is 5.16. The largest absolute Gasteiger partial charge is 0.345 e. The SMILES string of the molecule is CCC(C)CC1(NC)CCC1C.CSC1=NC(OCC=O)C=C(Cl)N1. The summed E-state index contributed by atoms with van der Waals surface area (Å²) in [6.45, 7) is 7.06. The summed E-state index contributed by atoms with van der Waals surface area (Å²) in [5.41, 5.74) is 0.495. The Morgan fingerprint density at radius 1 is 1.64 bits per heavy atom. The van der Waals surface area contributed by atoms with Crippen LogP contribution in [0.3, 0.4) is 0 Å². The summed E-state index contributed by atoms with van der Waals surface area (Å²) in [5, 5.41) is 7.52. The first-order chi connectivity index (χ1) is 11.9. The van der Waals surface area contributed by atoms with E-state index in [-0.39, 0.29) is 6.61 Å². The third-order valence-corrected chi connectivity index (χ3v) is 5.98. The molecule has 4 atom stereocenters. The number of carbonyl (C=O) groups excluding carboxylic acids is 1. The Morgan fingerprint density at radius 3 is 2.80 bits per heavy atom. The first kappa shape index (κ1) is 22.5. The van der Waals surface area contributed by atoms with E-state index >= 15 is 0 Å². The minimum absolute atomic E-state index is 0.0243. The average Bonchev–Trinajstić information content (AvgIpc) is 2.62. The molecular weight excluding hydrogens is 358 g/mol. The van der Waals surface area contributed by atoms with Gasteiger partial charge in [0.2, 0.25) is 0 Å². The van der Waals surface area contributed by atoms with Crippen LogP contribution in [0.1, 0.15) is 46.5 Å². The number of thioether (sulfide) groups is 1. The van der Waals surface area contributed by atoms with Crippen molar-refractivity contribution in [1.82, 2.24) is 10.6 Å². The zero-order valence-electron chi connectivity index (χ0n) is 16.0. The fourth-order valence-corrected chi connectivity index (χ4v) is 3.78. The summed E-state index contributed by atoms with van der Waals surface area (Å²) in [4.78, 5) is 14.1. The number of ether oxygens (including phenoxy) is 1. The van der Waals surface area contributed by atoms with E-state index in [0.29, 0.717) is 22.1 Å². The molecular formula is C18H32ClN3O2S. The molecule has 1 fully saturated rings. The molecule has 0 bridgehead atoms. The second kappa shape index (κ2) is 11.2. The molecule has 5 nitrogen and oxygen atoms in total. The van der Waals surface area contributed by atoms with Crippen molar-refractivity contribution < 1.29 is 9.53 Å². The van der Waals surface area contributed by atoms with Crippen LogP contribution in [0.15, 0.2) is 16.2 Å². The van der Waals surface area contributed by atoms with E-state index in [0.717, 1.165) is 11.8 Å². The normalized spacial score (nSPS) is 29.2. The van der Waals surface area contributed by atoms with Crippen molar-refractivity contribution in [2.24, 2.45) is 16.8 Å². The summed E-state index contributed by atoms with van der Waals surface area (Å²) >= 11 is 7.18. The van der Waals surface area contributed by atoms with E-state index in [1.807, 2.05) is 6.26 Å². The van der Waals surface area contributed by atoms with Crippen LogP contribution >= 0.6 is 23.4 Å². The topological polar surface area (TPSA) is 62.7 Å². The highest BCUT2D eigenvalue weighted by Crippen LogP contribution is 2.42. The summed E-state index contributed by atoms with van der Waals surface area (Å²) in [6.07, 6.45) is 9.17. The molecule has 25 heavy (non-hydrogen) atoms. The molecule has 7 heteroatoms. The Balaban J connectivity index is 0.000000251. The zero-order valence-corrected chi connectivity index (χ0v) is 17.5. The lowest BCUT2D eigenvalue weighted by atomic mass is 9.63. The van der Waals surface area contributed by atoms with E-state index in [4.69, 9.17) is 16.3 Å². The van der Waals surface area contributed by atoms with Crippen LogP contribution in [0.25, 0.3) is 0 Å². The highest BCUT2D eigenvalue weighted by Gasteiger charge is 2.42. The molecule has 0 saturated heterocycles. The second-order valence-corrected chi connectivity index (χ2v) is 7.93. The first-order valence-electron chi connectivity index (χ1n) is 8.91. The predicted octanol–water partition coefficient (Wildman–Crippen LogP) is 3.74. The van der Waals surface area contributed by atoms with Crippen LogP contribution in [-0.2, 0) is 9.53 Å². The maximum absolute atomic E-state index is 10.0. The van der Waals surface area contributed by atoms with Crippen molar-refractivity contribution in [2.75, 3.05) is 19.9 Å². The van der Waals surface area contributed by atoms with Gasteiger partial charge in [0, 0.05) is 11.6 Å². The number of nitrogens with one attached hydrogen (secondary N) is 2. The lowest BCUT2D eigenvalue weighted by molar-refractivity contribution is -0.112. The van der Waals surface area contributed by atoms with Crippen LogP contribution in [0.4, 0.5) is 0 Å². The molecule has 2 N–H and O–H groups in total. The highest BCUT2D eigenvalue weighted by molar-refractivity contribution is 8.13. The molecule has 144 valence electrons. The standard InChI is InChI=1S/C11H23N.C7H9ClN2O2S/c1-5-9(2)8-11(12-4)7-6-10(11)3;1-13-7-9-5(8)4-6(10-7)12-3-2-11/h9-10,12H,5-8H2,1-4H3;2,4,6H,3H2,1H3,(H,9,10). The number of aldehydes is 1. The molecule has 0 aromatic rings. The number of hydrogen-bond acceptors (Lipinski definition) is 6. The molecule has 1 saturated carbocycles. The number of rotatable bonds is 7. The Labute approximate surface area is 161 Å². The van der Waals surface area contributed by atoms with Gasteiger partial charge in [-0.1, -0.05) is 50.6 Å². The summed E-state index contributed by atoms with van der Waals surface area (Å²) in [7, 11) is 2.12. The predicted molar refractivity (Wildman–Crippen MR) is 108 cm³/mol. The van der Waals surface area contributed by atoms with Crippen LogP contribution in [0.2, 0.25) is 0 Å². The van der Waals surface area contributed by atoms with Gasteiger partial charge in [-0.05, 0) is 44.4 Å². The van der Waals surface area contributed by atoms with Crippen LogP contribution < -0.4 is 10.6 Å². The van der Waals surface area contributed by atoms with Gasteiger partial charge in [-0.2, -0.15) is 0 Å². The van der Waals surface area contributed by atoms with Crippen molar-refractivity contribution in [3.8, 4) is 0 Å². The summed E-state index contributed by atoms with van der Waals surface area (Å²) in [5.74, 6) is 1.76. The number of nitrogens with zero attached hydrogens (tertiary/aromatic N) is 1. The number of hydrogen-bond donors (Lipinski definition) is 2. The van der Waals surface area contributed by atoms with E-state index in [2.05, 4.69) is 43.4 Å². The quantitative estimate of drug-likeness (QED) is 0.513. The fraction of sp³-hybridized carbons (Fsp3) is 0.778. The van der Waals surface area contributed by atoms with Crippen molar-refractivity contribution in [3.05, 3.63) is 11.2 Å². The molecule has 1 heterocycles. The average molecular weight is 390 g/mol. The van der Waals surface area contributed by atoms with Gasteiger partial charge in [0.15, 0.2) is 11.4 Å². The van der Waals surface area contributed by atoms with Crippen LogP contribution in [-0.4, -0.2) is 43.1 Å². The minimum Gasteiger partial charge on any atom is -0.345 e.